The van der Waals surface area contributed by atoms with Crippen LogP contribution in [0.5, 0.6) is 0 Å². The number of nitrogens with zero attached hydrogens (tertiary/aromatic N) is 2. The Labute approximate surface area is 89.9 Å². The lowest BCUT2D eigenvalue weighted by molar-refractivity contribution is 0.740. The van der Waals surface area contributed by atoms with Gasteiger partial charge in [0, 0.05) is 25.0 Å². The molecular weight excluding hydrogens is 194 g/mol. The van der Waals surface area contributed by atoms with Crippen molar-refractivity contribution in [3.63, 3.8) is 0 Å². The van der Waals surface area contributed by atoms with Crippen molar-refractivity contribution in [2.24, 2.45) is 5.73 Å². The fourth-order valence-corrected chi connectivity index (χ4v) is 2.27. The van der Waals surface area contributed by atoms with Gasteiger partial charge < -0.3 is 10.6 Å². The number of rotatable bonds is 6. The number of nitrogens with two attached hydrogens (primary N) is 1. The highest BCUT2D eigenvalue weighted by molar-refractivity contribution is 7.13. The molecule has 14 heavy (non-hydrogen) atoms. The van der Waals surface area contributed by atoms with Crippen LogP contribution in [0.1, 0.15) is 32.4 Å². The van der Waals surface area contributed by atoms with E-state index < -0.39 is 0 Å². The topological polar surface area (TPSA) is 42.2 Å². The van der Waals surface area contributed by atoms with Gasteiger partial charge in [-0.2, -0.15) is 0 Å². The molecule has 80 valence electrons. The average Bonchev–Trinajstić information content (AvgIpc) is 2.65. The monoisotopic (exact) mass is 213 g/mol. The van der Waals surface area contributed by atoms with Crippen LogP contribution in [0.15, 0.2) is 5.38 Å². The number of aromatic nitrogens is 1. The quantitative estimate of drug-likeness (QED) is 0.788. The summed E-state index contributed by atoms with van der Waals surface area (Å²) in [6.07, 6.45) is 2.33. The van der Waals surface area contributed by atoms with Crippen molar-refractivity contribution in [1.82, 2.24) is 4.98 Å². The number of thiazole rings is 1. The molecular formula is C10H19N3S. The third-order valence-electron chi connectivity index (χ3n) is 2.01. The first kappa shape index (κ1) is 11.5. The van der Waals surface area contributed by atoms with Crippen LogP contribution >= 0.6 is 11.3 Å². The average molecular weight is 213 g/mol. The molecule has 1 aromatic heterocycles. The van der Waals surface area contributed by atoms with Crippen molar-refractivity contribution < 1.29 is 0 Å². The van der Waals surface area contributed by atoms with Crippen molar-refractivity contribution >= 4 is 16.5 Å². The molecule has 0 fully saturated rings. The Balaban J connectivity index is 2.65. The molecule has 1 rings (SSSR count). The van der Waals surface area contributed by atoms with E-state index in [0.29, 0.717) is 6.54 Å². The summed E-state index contributed by atoms with van der Waals surface area (Å²) in [4.78, 5) is 6.82. The summed E-state index contributed by atoms with van der Waals surface area (Å²) in [5, 5.41) is 3.17. The first-order valence-electron chi connectivity index (χ1n) is 5.21. The molecule has 0 atom stereocenters. The Kier molecular flexibility index (Phi) is 4.90. The van der Waals surface area contributed by atoms with Gasteiger partial charge in [-0.25, -0.2) is 4.98 Å². The highest BCUT2D eigenvalue weighted by Gasteiger charge is 2.08. The molecule has 1 aromatic rings. The van der Waals surface area contributed by atoms with Gasteiger partial charge in [-0.1, -0.05) is 13.8 Å². The van der Waals surface area contributed by atoms with Gasteiger partial charge in [0.2, 0.25) is 0 Å². The molecule has 1 heterocycles. The number of hydrogen-bond donors (Lipinski definition) is 1. The minimum atomic E-state index is 0.544. The zero-order chi connectivity index (χ0) is 10.4. The summed E-state index contributed by atoms with van der Waals surface area (Å²) in [6.45, 7) is 7.11. The van der Waals surface area contributed by atoms with E-state index in [2.05, 4.69) is 23.7 Å². The smallest absolute Gasteiger partial charge is 0.185 e. The van der Waals surface area contributed by atoms with Gasteiger partial charge in [-0.05, 0) is 12.8 Å². The maximum atomic E-state index is 5.54. The van der Waals surface area contributed by atoms with Crippen LogP contribution in [-0.4, -0.2) is 18.1 Å². The second kappa shape index (κ2) is 5.98. The van der Waals surface area contributed by atoms with E-state index >= 15 is 0 Å². The largest absolute Gasteiger partial charge is 0.348 e. The summed E-state index contributed by atoms with van der Waals surface area (Å²) < 4.78 is 0. The molecule has 0 aliphatic carbocycles. The first-order chi connectivity index (χ1) is 6.81. The Hall–Kier alpha value is -0.610. The molecule has 0 aliphatic rings. The second-order valence-electron chi connectivity index (χ2n) is 3.31. The van der Waals surface area contributed by atoms with Gasteiger partial charge in [0.1, 0.15) is 0 Å². The van der Waals surface area contributed by atoms with Crippen molar-refractivity contribution in [1.29, 1.82) is 0 Å². The van der Waals surface area contributed by atoms with Crippen LogP contribution in [0.2, 0.25) is 0 Å². The minimum Gasteiger partial charge on any atom is -0.348 e. The standard InChI is InChI=1S/C10H19N3S/c1-3-5-13(6-4-2)10-12-9(7-11)8-14-10/h8H,3-7,11H2,1-2H3. The zero-order valence-electron chi connectivity index (χ0n) is 8.99. The predicted molar refractivity (Wildman–Crippen MR) is 62.8 cm³/mol. The van der Waals surface area contributed by atoms with Gasteiger partial charge in [0.05, 0.1) is 5.69 Å². The SMILES string of the molecule is CCCN(CCC)c1nc(CN)cs1. The van der Waals surface area contributed by atoms with Gasteiger partial charge in [-0.3, -0.25) is 0 Å². The van der Waals surface area contributed by atoms with E-state index in [-0.39, 0.29) is 0 Å². The van der Waals surface area contributed by atoms with Crippen LogP contribution in [0.25, 0.3) is 0 Å². The summed E-state index contributed by atoms with van der Waals surface area (Å²) in [5.41, 5.74) is 6.54. The van der Waals surface area contributed by atoms with Gasteiger partial charge in [0.25, 0.3) is 0 Å². The van der Waals surface area contributed by atoms with Gasteiger partial charge in [0.15, 0.2) is 5.13 Å². The van der Waals surface area contributed by atoms with Gasteiger partial charge >= 0.3 is 0 Å². The lowest BCUT2D eigenvalue weighted by atomic mass is 10.4. The molecule has 0 spiro atoms. The molecule has 0 bridgehead atoms. The maximum Gasteiger partial charge on any atom is 0.185 e. The second-order valence-corrected chi connectivity index (χ2v) is 4.15. The van der Waals surface area contributed by atoms with Crippen molar-refractivity contribution in [3.05, 3.63) is 11.1 Å². The molecule has 0 radical (unpaired) electrons. The Morgan fingerprint density at radius 2 is 2.00 bits per heavy atom. The summed E-state index contributed by atoms with van der Waals surface area (Å²) >= 11 is 1.70. The van der Waals surface area contributed by atoms with Crippen LogP contribution in [0, 0.1) is 0 Å². The lowest BCUT2D eigenvalue weighted by Crippen LogP contribution is -2.24. The maximum absolute atomic E-state index is 5.54. The van der Waals surface area contributed by atoms with Gasteiger partial charge in [-0.15, -0.1) is 11.3 Å². The third kappa shape index (κ3) is 2.96. The minimum absolute atomic E-state index is 0.544. The summed E-state index contributed by atoms with van der Waals surface area (Å²) in [6, 6.07) is 0. The van der Waals surface area contributed by atoms with E-state index in [9.17, 15) is 0 Å². The van der Waals surface area contributed by atoms with Crippen molar-refractivity contribution in [3.8, 4) is 0 Å². The summed E-state index contributed by atoms with van der Waals surface area (Å²) in [5.74, 6) is 0. The van der Waals surface area contributed by atoms with Crippen molar-refractivity contribution in [2.45, 2.75) is 33.2 Å². The highest BCUT2D eigenvalue weighted by Crippen LogP contribution is 2.20. The zero-order valence-corrected chi connectivity index (χ0v) is 9.81. The molecule has 0 aromatic carbocycles. The van der Waals surface area contributed by atoms with E-state index in [1.165, 1.54) is 0 Å². The molecule has 0 unspecified atom stereocenters. The van der Waals surface area contributed by atoms with Crippen LogP contribution in [0.4, 0.5) is 5.13 Å². The van der Waals surface area contributed by atoms with E-state index in [4.69, 9.17) is 5.73 Å². The third-order valence-corrected chi connectivity index (χ3v) is 2.96. The molecule has 0 saturated carbocycles. The normalized spacial score (nSPS) is 10.5. The Morgan fingerprint density at radius 3 is 2.43 bits per heavy atom. The fraction of sp³-hybridized carbons (Fsp3) is 0.700. The van der Waals surface area contributed by atoms with Crippen LogP contribution in [-0.2, 0) is 6.54 Å². The fourth-order valence-electron chi connectivity index (χ4n) is 1.38. The van der Waals surface area contributed by atoms with Crippen LogP contribution < -0.4 is 10.6 Å². The Bertz CT molecular complexity index is 254. The summed E-state index contributed by atoms with van der Waals surface area (Å²) in [7, 11) is 0. The van der Waals surface area contributed by atoms with E-state index in [1.54, 1.807) is 11.3 Å². The molecule has 4 heteroatoms. The first-order valence-corrected chi connectivity index (χ1v) is 6.09. The molecule has 3 nitrogen and oxygen atoms in total. The molecule has 0 saturated heterocycles. The van der Waals surface area contributed by atoms with E-state index in [1.807, 2.05) is 5.38 Å². The molecule has 0 amide bonds. The van der Waals surface area contributed by atoms with Crippen molar-refractivity contribution in [2.75, 3.05) is 18.0 Å². The molecule has 2 N–H and O–H groups in total. The number of anilines is 1. The lowest BCUT2D eigenvalue weighted by Gasteiger charge is -2.19. The van der Waals surface area contributed by atoms with Crippen LogP contribution in [0.3, 0.4) is 0 Å². The number of hydrogen-bond acceptors (Lipinski definition) is 4. The van der Waals surface area contributed by atoms with E-state index in [0.717, 1.165) is 36.8 Å². The molecule has 0 aliphatic heterocycles. The predicted octanol–water partition coefficient (Wildman–Crippen LogP) is 2.23. The Morgan fingerprint density at radius 1 is 1.36 bits per heavy atom. The highest BCUT2D eigenvalue weighted by atomic mass is 32.1.